The molecule has 94 valence electrons. The van der Waals surface area contributed by atoms with Gasteiger partial charge in [0.1, 0.15) is 6.04 Å². The molecular weight excluding hydrogens is 208 g/mol. The monoisotopic (exact) mass is 230 g/mol. The summed E-state index contributed by atoms with van der Waals surface area (Å²) in [6.45, 7) is 7.46. The molecule has 0 aliphatic carbocycles. The molecule has 0 spiro atoms. The summed E-state index contributed by atoms with van der Waals surface area (Å²) < 4.78 is 4.54. The van der Waals surface area contributed by atoms with Gasteiger partial charge in [-0.1, -0.05) is 20.8 Å². The SMILES string of the molecule is CN[C@H](C(=O)N[C@@H](C)C(=O)OC)C(C)(C)C. The second-order valence-electron chi connectivity index (χ2n) is 4.84. The van der Waals surface area contributed by atoms with E-state index in [1.54, 1.807) is 14.0 Å². The van der Waals surface area contributed by atoms with Crippen molar-refractivity contribution in [2.75, 3.05) is 14.2 Å². The van der Waals surface area contributed by atoms with E-state index >= 15 is 0 Å². The van der Waals surface area contributed by atoms with Crippen molar-refractivity contribution in [3.8, 4) is 0 Å². The van der Waals surface area contributed by atoms with Gasteiger partial charge in [0.15, 0.2) is 0 Å². The van der Waals surface area contributed by atoms with Crippen molar-refractivity contribution < 1.29 is 14.3 Å². The van der Waals surface area contributed by atoms with E-state index in [2.05, 4.69) is 15.4 Å². The Morgan fingerprint density at radius 2 is 1.75 bits per heavy atom. The number of methoxy groups -OCH3 is 1. The zero-order valence-corrected chi connectivity index (χ0v) is 10.9. The highest BCUT2D eigenvalue weighted by Crippen LogP contribution is 2.19. The molecule has 0 aromatic carbocycles. The minimum absolute atomic E-state index is 0.201. The number of ether oxygens (including phenoxy) is 1. The predicted octanol–water partition coefficient (Wildman–Crippen LogP) is 0.298. The maximum atomic E-state index is 11.9. The van der Waals surface area contributed by atoms with E-state index in [0.717, 1.165) is 0 Å². The predicted molar refractivity (Wildman–Crippen MR) is 61.9 cm³/mol. The Balaban J connectivity index is 4.50. The van der Waals surface area contributed by atoms with Crippen molar-refractivity contribution in [2.24, 2.45) is 5.41 Å². The van der Waals surface area contributed by atoms with Gasteiger partial charge in [0.2, 0.25) is 5.91 Å². The molecule has 0 unspecified atom stereocenters. The Kier molecular flexibility index (Phi) is 5.44. The maximum absolute atomic E-state index is 11.9. The third kappa shape index (κ3) is 4.18. The lowest BCUT2D eigenvalue weighted by atomic mass is 9.86. The van der Waals surface area contributed by atoms with Gasteiger partial charge in [-0.3, -0.25) is 4.79 Å². The number of nitrogens with one attached hydrogen (secondary N) is 2. The molecule has 0 aromatic heterocycles. The summed E-state index contributed by atoms with van der Waals surface area (Å²) in [5.74, 6) is -0.648. The number of carbonyl (C=O) groups is 2. The summed E-state index contributed by atoms with van der Waals surface area (Å²) in [6.07, 6.45) is 0. The number of hydrogen-bond donors (Lipinski definition) is 2. The Labute approximate surface area is 96.9 Å². The van der Waals surface area contributed by atoms with Crippen LogP contribution in [0, 0.1) is 5.41 Å². The number of carbonyl (C=O) groups excluding carboxylic acids is 2. The number of amides is 1. The molecule has 0 rings (SSSR count). The molecule has 0 heterocycles. The van der Waals surface area contributed by atoms with Crippen LogP contribution in [-0.2, 0) is 14.3 Å². The molecular formula is C11H22N2O3. The van der Waals surface area contributed by atoms with E-state index in [0.29, 0.717) is 0 Å². The molecule has 0 bridgehead atoms. The first kappa shape index (κ1) is 14.9. The van der Waals surface area contributed by atoms with Crippen molar-refractivity contribution in [3.05, 3.63) is 0 Å². The van der Waals surface area contributed by atoms with E-state index in [1.165, 1.54) is 7.11 Å². The number of esters is 1. The zero-order valence-electron chi connectivity index (χ0n) is 10.9. The summed E-state index contributed by atoms with van der Waals surface area (Å²) in [6, 6.07) is -0.977. The Bertz CT molecular complexity index is 258. The van der Waals surface area contributed by atoms with E-state index in [-0.39, 0.29) is 17.4 Å². The molecule has 0 aromatic rings. The van der Waals surface area contributed by atoms with Gasteiger partial charge in [-0.05, 0) is 19.4 Å². The third-order valence-corrected chi connectivity index (χ3v) is 2.33. The van der Waals surface area contributed by atoms with Crippen molar-refractivity contribution >= 4 is 11.9 Å². The molecule has 0 saturated carbocycles. The molecule has 5 nitrogen and oxygen atoms in total. The minimum atomic E-state index is -0.629. The lowest BCUT2D eigenvalue weighted by Crippen LogP contribution is -2.53. The highest BCUT2D eigenvalue weighted by atomic mass is 16.5. The highest BCUT2D eigenvalue weighted by molar-refractivity contribution is 5.87. The van der Waals surface area contributed by atoms with Gasteiger partial charge in [0.25, 0.3) is 0 Å². The lowest BCUT2D eigenvalue weighted by molar-refractivity contribution is -0.145. The molecule has 1 amide bonds. The van der Waals surface area contributed by atoms with Crippen LogP contribution >= 0.6 is 0 Å². The molecule has 0 aliphatic heterocycles. The lowest BCUT2D eigenvalue weighted by Gasteiger charge is -2.29. The van der Waals surface area contributed by atoms with Gasteiger partial charge in [-0.25, -0.2) is 4.79 Å². The summed E-state index contributed by atoms with van der Waals surface area (Å²) in [5, 5.41) is 5.55. The van der Waals surface area contributed by atoms with E-state index in [4.69, 9.17) is 0 Å². The van der Waals surface area contributed by atoms with Crippen LogP contribution in [0.1, 0.15) is 27.7 Å². The highest BCUT2D eigenvalue weighted by Gasteiger charge is 2.31. The van der Waals surface area contributed by atoms with E-state index < -0.39 is 12.0 Å². The van der Waals surface area contributed by atoms with Crippen molar-refractivity contribution in [3.63, 3.8) is 0 Å². The molecule has 0 aliphatic rings. The molecule has 2 atom stereocenters. The van der Waals surface area contributed by atoms with Gasteiger partial charge in [-0.2, -0.15) is 0 Å². The number of likely N-dealkylation sites (N-methyl/N-ethyl adjacent to an activating group) is 1. The number of hydrogen-bond acceptors (Lipinski definition) is 4. The summed E-state index contributed by atoms with van der Waals surface area (Å²) in [4.78, 5) is 23.0. The minimum Gasteiger partial charge on any atom is -0.467 e. The van der Waals surface area contributed by atoms with Crippen LogP contribution in [0.4, 0.5) is 0 Å². The van der Waals surface area contributed by atoms with E-state index in [9.17, 15) is 9.59 Å². The van der Waals surface area contributed by atoms with Crippen LogP contribution in [0.5, 0.6) is 0 Å². The quantitative estimate of drug-likeness (QED) is 0.682. The fourth-order valence-electron chi connectivity index (χ4n) is 1.49. The Hall–Kier alpha value is -1.10. The first-order valence-corrected chi connectivity index (χ1v) is 5.29. The summed E-state index contributed by atoms with van der Waals surface area (Å²) in [7, 11) is 3.02. The van der Waals surface area contributed by atoms with Crippen LogP contribution < -0.4 is 10.6 Å². The molecule has 5 heteroatoms. The van der Waals surface area contributed by atoms with Crippen molar-refractivity contribution in [1.29, 1.82) is 0 Å². The van der Waals surface area contributed by atoms with Gasteiger partial charge in [0.05, 0.1) is 13.2 Å². The summed E-state index contributed by atoms with van der Waals surface area (Å²) in [5.41, 5.74) is -0.214. The first-order valence-electron chi connectivity index (χ1n) is 5.29. The van der Waals surface area contributed by atoms with Gasteiger partial charge in [0, 0.05) is 0 Å². The number of rotatable bonds is 4. The zero-order chi connectivity index (χ0) is 12.9. The molecule has 0 saturated heterocycles. The second-order valence-corrected chi connectivity index (χ2v) is 4.84. The molecule has 0 fully saturated rings. The Morgan fingerprint density at radius 1 is 1.25 bits per heavy atom. The average molecular weight is 230 g/mol. The van der Waals surface area contributed by atoms with Gasteiger partial charge < -0.3 is 15.4 Å². The fourth-order valence-corrected chi connectivity index (χ4v) is 1.49. The first-order chi connectivity index (χ1) is 7.23. The standard InChI is InChI=1S/C11H22N2O3/c1-7(10(15)16-6)13-9(14)8(12-5)11(2,3)4/h7-8,12H,1-6H3,(H,13,14)/t7-,8+/m0/s1. The fraction of sp³-hybridized carbons (Fsp3) is 0.818. The van der Waals surface area contributed by atoms with Crippen LogP contribution in [0.15, 0.2) is 0 Å². The normalized spacial score (nSPS) is 15.1. The van der Waals surface area contributed by atoms with Crippen LogP contribution in [0.3, 0.4) is 0 Å². The van der Waals surface area contributed by atoms with Crippen molar-refractivity contribution in [2.45, 2.75) is 39.8 Å². The molecule has 2 N–H and O–H groups in total. The topological polar surface area (TPSA) is 67.4 Å². The van der Waals surface area contributed by atoms with Crippen LogP contribution in [-0.4, -0.2) is 38.1 Å². The average Bonchev–Trinajstić information content (AvgIpc) is 2.14. The molecule has 16 heavy (non-hydrogen) atoms. The largest absolute Gasteiger partial charge is 0.467 e. The van der Waals surface area contributed by atoms with Gasteiger partial charge in [-0.15, -0.1) is 0 Å². The van der Waals surface area contributed by atoms with Crippen LogP contribution in [0.2, 0.25) is 0 Å². The smallest absolute Gasteiger partial charge is 0.328 e. The van der Waals surface area contributed by atoms with E-state index in [1.807, 2.05) is 20.8 Å². The van der Waals surface area contributed by atoms with Crippen LogP contribution in [0.25, 0.3) is 0 Å². The Morgan fingerprint density at radius 3 is 2.06 bits per heavy atom. The van der Waals surface area contributed by atoms with Gasteiger partial charge >= 0.3 is 5.97 Å². The maximum Gasteiger partial charge on any atom is 0.328 e. The molecule has 0 radical (unpaired) electrons. The second kappa shape index (κ2) is 5.84. The van der Waals surface area contributed by atoms with Crippen molar-refractivity contribution in [1.82, 2.24) is 10.6 Å². The third-order valence-electron chi connectivity index (χ3n) is 2.33. The summed E-state index contributed by atoms with van der Waals surface area (Å²) >= 11 is 0.